The van der Waals surface area contributed by atoms with Crippen LogP contribution in [0.1, 0.15) is 19.8 Å². The molecule has 0 aliphatic carbocycles. The summed E-state index contributed by atoms with van der Waals surface area (Å²) in [7, 11) is 0. The highest BCUT2D eigenvalue weighted by Gasteiger charge is 2.00. The molecule has 4 heteroatoms. The smallest absolute Gasteiger partial charge is 0.125 e. The number of rotatable bonds is 3. The number of anilines is 1. The summed E-state index contributed by atoms with van der Waals surface area (Å²) in [5.74, 6) is -0.362. The molecule has 0 aliphatic rings. The minimum Gasteiger partial charge on any atom is -0.397 e. The normalized spacial score (nSPS) is 11.8. The third kappa shape index (κ3) is 3.00. The fourth-order valence-electron chi connectivity index (χ4n) is 1.01. The number of hydrogen-bond acceptors (Lipinski definition) is 2. The monoisotopic (exact) mass is 214 g/mol. The van der Waals surface area contributed by atoms with Crippen molar-refractivity contribution in [2.45, 2.75) is 19.8 Å². The second-order valence-corrected chi connectivity index (χ2v) is 3.38. The van der Waals surface area contributed by atoms with Crippen molar-refractivity contribution >= 4 is 28.1 Å². The first-order valence-electron chi connectivity index (χ1n) is 4.41. The Morgan fingerprint density at radius 2 is 2.29 bits per heavy atom. The van der Waals surface area contributed by atoms with Crippen LogP contribution in [-0.4, -0.2) is 5.17 Å². The van der Waals surface area contributed by atoms with Gasteiger partial charge in [-0.3, -0.25) is 0 Å². The lowest BCUT2D eigenvalue weighted by molar-refractivity contribution is 0.628. The van der Waals surface area contributed by atoms with Crippen molar-refractivity contribution in [2.24, 2.45) is 4.99 Å². The van der Waals surface area contributed by atoms with E-state index in [4.69, 9.17) is 17.3 Å². The van der Waals surface area contributed by atoms with Gasteiger partial charge in [0.25, 0.3) is 0 Å². The van der Waals surface area contributed by atoms with Gasteiger partial charge in [0.15, 0.2) is 0 Å². The number of halogens is 2. The zero-order valence-electron chi connectivity index (χ0n) is 7.93. The molecular formula is C10H12ClFN2. The Morgan fingerprint density at radius 1 is 1.57 bits per heavy atom. The molecule has 1 aromatic carbocycles. The number of hydrogen-bond donors (Lipinski definition) is 1. The summed E-state index contributed by atoms with van der Waals surface area (Å²) in [4.78, 5) is 4.03. The average molecular weight is 215 g/mol. The maximum Gasteiger partial charge on any atom is 0.125 e. The lowest BCUT2D eigenvalue weighted by Crippen LogP contribution is -1.89. The summed E-state index contributed by atoms with van der Waals surface area (Å²) >= 11 is 5.81. The molecule has 2 nitrogen and oxygen atoms in total. The number of nitrogens with two attached hydrogens (primary N) is 1. The van der Waals surface area contributed by atoms with Gasteiger partial charge in [0, 0.05) is 12.5 Å². The van der Waals surface area contributed by atoms with Gasteiger partial charge in [-0.15, -0.1) is 0 Å². The van der Waals surface area contributed by atoms with E-state index in [1.54, 1.807) is 0 Å². The Hall–Kier alpha value is -1.09. The van der Waals surface area contributed by atoms with E-state index in [1.807, 2.05) is 6.92 Å². The fraction of sp³-hybridized carbons (Fsp3) is 0.300. The molecule has 0 bridgehead atoms. The summed E-state index contributed by atoms with van der Waals surface area (Å²) in [6.45, 7) is 1.99. The summed E-state index contributed by atoms with van der Waals surface area (Å²) in [6, 6.07) is 4.04. The van der Waals surface area contributed by atoms with Crippen LogP contribution in [0.3, 0.4) is 0 Å². The highest BCUT2D eigenvalue weighted by Crippen LogP contribution is 2.23. The lowest BCUT2D eigenvalue weighted by atomic mass is 10.2. The third-order valence-corrected chi connectivity index (χ3v) is 1.96. The molecule has 0 radical (unpaired) electrons. The second-order valence-electron chi connectivity index (χ2n) is 2.94. The predicted molar refractivity (Wildman–Crippen MR) is 58.7 cm³/mol. The van der Waals surface area contributed by atoms with Gasteiger partial charge in [0.2, 0.25) is 0 Å². The maximum absolute atomic E-state index is 12.8. The molecular weight excluding hydrogens is 203 g/mol. The molecule has 0 atom stereocenters. The highest BCUT2D eigenvalue weighted by molar-refractivity contribution is 6.65. The number of aliphatic imine (C=N–C) groups is 1. The summed E-state index contributed by atoms with van der Waals surface area (Å²) in [5.41, 5.74) is 6.42. The van der Waals surface area contributed by atoms with Crippen molar-refractivity contribution in [1.29, 1.82) is 0 Å². The topological polar surface area (TPSA) is 38.4 Å². The molecule has 0 saturated heterocycles. The third-order valence-electron chi connectivity index (χ3n) is 1.69. The van der Waals surface area contributed by atoms with Gasteiger partial charge in [-0.25, -0.2) is 9.38 Å². The zero-order chi connectivity index (χ0) is 10.6. The number of nitrogen functional groups attached to an aromatic ring is 1. The number of benzene rings is 1. The Labute approximate surface area is 87.6 Å². The largest absolute Gasteiger partial charge is 0.397 e. The van der Waals surface area contributed by atoms with E-state index in [0.29, 0.717) is 23.0 Å². The van der Waals surface area contributed by atoms with Crippen molar-refractivity contribution in [3.8, 4) is 0 Å². The van der Waals surface area contributed by atoms with Crippen LogP contribution in [0.5, 0.6) is 0 Å². The quantitative estimate of drug-likeness (QED) is 0.607. The lowest BCUT2D eigenvalue weighted by Gasteiger charge is -2.01. The first kappa shape index (κ1) is 11.0. The van der Waals surface area contributed by atoms with E-state index >= 15 is 0 Å². The molecule has 0 fully saturated rings. The van der Waals surface area contributed by atoms with Crippen LogP contribution in [0.15, 0.2) is 23.2 Å². The van der Waals surface area contributed by atoms with Crippen LogP contribution in [0.2, 0.25) is 0 Å². The molecule has 0 amide bonds. The minimum absolute atomic E-state index is 0.362. The van der Waals surface area contributed by atoms with Gasteiger partial charge < -0.3 is 5.73 Å². The predicted octanol–water partition coefficient (Wildman–Crippen LogP) is 3.48. The molecule has 0 heterocycles. The van der Waals surface area contributed by atoms with Crippen LogP contribution in [-0.2, 0) is 0 Å². The van der Waals surface area contributed by atoms with Gasteiger partial charge in [0.05, 0.1) is 11.4 Å². The SMILES string of the molecule is CCCC(Cl)=Nc1cc(F)ccc1N. The average Bonchev–Trinajstić information content (AvgIpc) is 2.12. The molecule has 1 aromatic rings. The van der Waals surface area contributed by atoms with Gasteiger partial charge >= 0.3 is 0 Å². The van der Waals surface area contributed by atoms with Crippen molar-refractivity contribution in [1.82, 2.24) is 0 Å². The van der Waals surface area contributed by atoms with E-state index in [2.05, 4.69) is 4.99 Å². The van der Waals surface area contributed by atoms with E-state index < -0.39 is 0 Å². The van der Waals surface area contributed by atoms with E-state index in [-0.39, 0.29) is 5.82 Å². The zero-order valence-corrected chi connectivity index (χ0v) is 8.68. The molecule has 1 rings (SSSR count). The molecule has 76 valence electrons. The molecule has 0 aromatic heterocycles. The van der Waals surface area contributed by atoms with Crippen molar-refractivity contribution < 1.29 is 4.39 Å². The summed E-state index contributed by atoms with van der Waals surface area (Å²) in [6.07, 6.45) is 1.58. The van der Waals surface area contributed by atoms with Crippen LogP contribution in [0.4, 0.5) is 15.8 Å². The molecule has 14 heavy (non-hydrogen) atoms. The summed E-state index contributed by atoms with van der Waals surface area (Å²) < 4.78 is 12.8. The van der Waals surface area contributed by atoms with Crippen molar-refractivity contribution in [3.05, 3.63) is 24.0 Å². The van der Waals surface area contributed by atoms with Gasteiger partial charge in [-0.2, -0.15) is 0 Å². The number of nitrogens with zero attached hydrogens (tertiary/aromatic N) is 1. The molecule has 0 unspecified atom stereocenters. The Balaban J connectivity index is 2.95. The van der Waals surface area contributed by atoms with E-state index in [9.17, 15) is 4.39 Å². The van der Waals surface area contributed by atoms with Crippen LogP contribution in [0.25, 0.3) is 0 Å². The Bertz CT molecular complexity index is 350. The van der Waals surface area contributed by atoms with Gasteiger partial charge in [0.1, 0.15) is 11.0 Å². The molecule has 0 spiro atoms. The fourth-order valence-corrected chi connectivity index (χ4v) is 1.29. The molecule has 0 saturated carbocycles. The molecule has 2 N–H and O–H groups in total. The van der Waals surface area contributed by atoms with Crippen molar-refractivity contribution in [3.63, 3.8) is 0 Å². The second kappa shape index (κ2) is 4.96. The van der Waals surface area contributed by atoms with Gasteiger partial charge in [-0.1, -0.05) is 18.5 Å². The first-order valence-corrected chi connectivity index (χ1v) is 4.79. The molecule has 0 aliphatic heterocycles. The minimum atomic E-state index is -0.362. The first-order chi connectivity index (χ1) is 6.63. The van der Waals surface area contributed by atoms with Crippen LogP contribution in [0, 0.1) is 5.82 Å². The summed E-state index contributed by atoms with van der Waals surface area (Å²) in [5, 5.41) is 0.449. The highest BCUT2D eigenvalue weighted by atomic mass is 35.5. The maximum atomic E-state index is 12.8. The van der Waals surface area contributed by atoms with Gasteiger partial charge in [-0.05, 0) is 18.6 Å². The van der Waals surface area contributed by atoms with E-state index in [1.165, 1.54) is 18.2 Å². The van der Waals surface area contributed by atoms with Crippen LogP contribution >= 0.6 is 11.6 Å². The Morgan fingerprint density at radius 3 is 2.93 bits per heavy atom. The standard InChI is InChI=1S/C10H12ClFN2/c1-2-3-10(11)14-9-6-7(12)4-5-8(9)13/h4-6H,2-3,13H2,1H3. The van der Waals surface area contributed by atoms with Crippen LogP contribution < -0.4 is 5.73 Å². The van der Waals surface area contributed by atoms with Crippen molar-refractivity contribution in [2.75, 3.05) is 5.73 Å². The Kier molecular flexibility index (Phi) is 3.89. The van der Waals surface area contributed by atoms with E-state index in [0.717, 1.165) is 6.42 Å².